The molecule has 102 valence electrons. The summed E-state index contributed by atoms with van der Waals surface area (Å²) in [5, 5.41) is 8.83. The SMILES string of the molecule is Cc1cccc(C(=O)N2CCC(F)(C(=O)O)C2)c1C. The van der Waals surface area contributed by atoms with Crippen molar-refractivity contribution in [1.82, 2.24) is 4.90 Å². The van der Waals surface area contributed by atoms with E-state index in [2.05, 4.69) is 0 Å². The van der Waals surface area contributed by atoms with Crippen LogP contribution in [0.5, 0.6) is 0 Å². The van der Waals surface area contributed by atoms with Crippen molar-refractivity contribution in [3.05, 3.63) is 34.9 Å². The van der Waals surface area contributed by atoms with E-state index >= 15 is 0 Å². The highest BCUT2D eigenvalue weighted by molar-refractivity contribution is 5.96. The summed E-state index contributed by atoms with van der Waals surface area (Å²) in [5.74, 6) is -1.80. The minimum Gasteiger partial charge on any atom is -0.479 e. The van der Waals surface area contributed by atoms with Crippen molar-refractivity contribution in [3.8, 4) is 0 Å². The van der Waals surface area contributed by atoms with Crippen LogP contribution in [0, 0.1) is 13.8 Å². The van der Waals surface area contributed by atoms with Gasteiger partial charge in [0, 0.05) is 18.5 Å². The van der Waals surface area contributed by atoms with Gasteiger partial charge in [-0.3, -0.25) is 4.79 Å². The zero-order valence-electron chi connectivity index (χ0n) is 10.9. The molecule has 1 aromatic carbocycles. The van der Waals surface area contributed by atoms with Gasteiger partial charge in [-0.25, -0.2) is 9.18 Å². The lowest BCUT2D eigenvalue weighted by molar-refractivity contribution is -0.149. The maximum atomic E-state index is 13.9. The van der Waals surface area contributed by atoms with Crippen molar-refractivity contribution < 1.29 is 19.1 Å². The van der Waals surface area contributed by atoms with Gasteiger partial charge in [0.1, 0.15) is 0 Å². The van der Waals surface area contributed by atoms with Gasteiger partial charge in [-0.05, 0) is 31.0 Å². The first-order chi connectivity index (χ1) is 8.85. The molecule has 5 heteroatoms. The monoisotopic (exact) mass is 265 g/mol. The van der Waals surface area contributed by atoms with Crippen LogP contribution in [0.25, 0.3) is 0 Å². The number of benzene rings is 1. The number of nitrogens with zero attached hydrogens (tertiary/aromatic N) is 1. The predicted molar refractivity (Wildman–Crippen MR) is 67.9 cm³/mol. The first kappa shape index (κ1) is 13.5. The van der Waals surface area contributed by atoms with Crippen LogP contribution in [0.4, 0.5) is 4.39 Å². The minimum atomic E-state index is -2.31. The maximum absolute atomic E-state index is 13.9. The van der Waals surface area contributed by atoms with Gasteiger partial charge >= 0.3 is 5.97 Å². The molecule has 1 N–H and O–H groups in total. The van der Waals surface area contributed by atoms with Crippen LogP contribution in [-0.2, 0) is 4.79 Å². The molecule has 1 fully saturated rings. The summed E-state index contributed by atoms with van der Waals surface area (Å²) in [6.45, 7) is 3.48. The predicted octanol–water partition coefficient (Wildman–Crippen LogP) is 1.94. The van der Waals surface area contributed by atoms with Crippen molar-refractivity contribution in [2.75, 3.05) is 13.1 Å². The zero-order valence-corrected chi connectivity index (χ0v) is 10.9. The number of rotatable bonds is 2. The molecule has 1 saturated heterocycles. The quantitative estimate of drug-likeness (QED) is 0.889. The molecule has 2 rings (SSSR count). The molecular weight excluding hydrogens is 249 g/mol. The summed E-state index contributed by atoms with van der Waals surface area (Å²) in [6, 6.07) is 5.35. The molecule has 0 bridgehead atoms. The van der Waals surface area contributed by atoms with Crippen molar-refractivity contribution in [3.63, 3.8) is 0 Å². The van der Waals surface area contributed by atoms with Gasteiger partial charge in [0.2, 0.25) is 5.67 Å². The maximum Gasteiger partial charge on any atom is 0.343 e. The average Bonchev–Trinajstić information content (AvgIpc) is 2.76. The van der Waals surface area contributed by atoms with Gasteiger partial charge in [-0.15, -0.1) is 0 Å². The lowest BCUT2D eigenvalue weighted by Gasteiger charge is -2.19. The Morgan fingerprint density at radius 3 is 2.63 bits per heavy atom. The first-order valence-electron chi connectivity index (χ1n) is 6.13. The molecule has 19 heavy (non-hydrogen) atoms. The minimum absolute atomic E-state index is 0.134. The molecule has 1 aliphatic rings. The molecule has 0 aromatic heterocycles. The number of aliphatic carboxylic acids is 1. The van der Waals surface area contributed by atoms with Gasteiger partial charge < -0.3 is 10.0 Å². The highest BCUT2D eigenvalue weighted by atomic mass is 19.1. The van der Waals surface area contributed by atoms with E-state index in [9.17, 15) is 14.0 Å². The molecule has 0 saturated carbocycles. The number of carboxylic acid groups (broad SMARTS) is 1. The lowest BCUT2D eigenvalue weighted by Crippen LogP contribution is -2.39. The number of alkyl halides is 1. The van der Waals surface area contributed by atoms with Crippen LogP contribution in [-0.4, -0.2) is 40.6 Å². The Morgan fingerprint density at radius 2 is 2.05 bits per heavy atom. The second kappa shape index (κ2) is 4.64. The van der Waals surface area contributed by atoms with Crippen molar-refractivity contribution in [2.45, 2.75) is 25.9 Å². The van der Waals surface area contributed by atoms with Crippen molar-refractivity contribution in [2.24, 2.45) is 0 Å². The largest absolute Gasteiger partial charge is 0.479 e. The number of carbonyl (C=O) groups is 2. The van der Waals surface area contributed by atoms with Crippen LogP contribution in [0.3, 0.4) is 0 Å². The van der Waals surface area contributed by atoms with Crippen LogP contribution in [0.2, 0.25) is 0 Å². The van der Waals surface area contributed by atoms with E-state index in [4.69, 9.17) is 5.11 Å². The third-order valence-corrected chi connectivity index (χ3v) is 3.73. The third-order valence-electron chi connectivity index (χ3n) is 3.73. The Hall–Kier alpha value is -1.91. The summed E-state index contributed by atoms with van der Waals surface area (Å²) >= 11 is 0. The molecule has 1 atom stereocenters. The highest BCUT2D eigenvalue weighted by Gasteiger charge is 2.47. The van der Waals surface area contributed by atoms with E-state index in [-0.39, 0.29) is 25.4 Å². The number of halogens is 1. The highest BCUT2D eigenvalue weighted by Crippen LogP contribution is 2.28. The van der Waals surface area contributed by atoms with E-state index < -0.39 is 11.6 Å². The Kier molecular flexibility index (Phi) is 3.30. The van der Waals surface area contributed by atoms with E-state index in [0.29, 0.717) is 5.56 Å². The smallest absolute Gasteiger partial charge is 0.343 e. The second-order valence-electron chi connectivity index (χ2n) is 4.99. The Labute approximate surface area is 110 Å². The Morgan fingerprint density at radius 1 is 1.37 bits per heavy atom. The number of carbonyl (C=O) groups excluding carboxylic acids is 1. The summed E-state index contributed by atoms with van der Waals surface area (Å²) in [7, 11) is 0. The van der Waals surface area contributed by atoms with E-state index in [1.807, 2.05) is 19.9 Å². The molecule has 4 nitrogen and oxygen atoms in total. The number of likely N-dealkylation sites (tertiary alicyclic amines) is 1. The fourth-order valence-electron chi connectivity index (χ4n) is 2.27. The van der Waals surface area contributed by atoms with Crippen molar-refractivity contribution >= 4 is 11.9 Å². The van der Waals surface area contributed by atoms with Crippen molar-refractivity contribution in [1.29, 1.82) is 0 Å². The van der Waals surface area contributed by atoms with E-state index in [0.717, 1.165) is 11.1 Å². The number of carboxylic acids is 1. The van der Waals surface area contributed by atoms with Gasteiger partial charge in [0.05, 0.1) is 6.54 Å². The van der Waals surface area contributed by atoms with Crippen LogP contribution >= 0.6 is 0 Å². The lowest BCUT2D eigenvalue weighted by atomic mass is 10.0. The summed E-state index contributed by atoms with van der Waals surface area (Å²) in [6.07, 6.45) is -0.154. The number of amides is 1. The van der Waals surface area contributed by atoms with Gasteiger partial charge in [0.25, 0.3) is 5.91 Å². The van der Waals surface area contributed by atoms with Gasteiger partial charge in [-0.2, -0.15) is 0 Å². The molecule has 1 amide bonds. The normalized spacial score (nSPS) is 22.6. The molecule has 0 aliphatic carbocycles. The molecule has 1 aromatic rings. The summed E-state index contributed by atoms with van der Waals surface area (Å²) in [5.41, 5.74) is 0.0246. The number of hydrogen-bond acceptors (Lipinski definition) is 2. The molecule has 1 aliphatic heterocycles. The molecule has 0 spiro atoms. The zero-order chi connectivity index (χ0) is 14.2. The number of aryl methyl sites for hydroxylation is 1. The standard InChI is InChI=1S/C14H16FNO3/c1-9-4-3-5-11(10(9)2)12(17)16-7-6-14(15,8-16)13(18)19/h3-5H,6-8H2,1-2H3,(H,18,19). The summed E-state index contributed by atoms with van der Waals surface area (Å²) in [4.78, 5) is 24.4. The first-order valence-corrected chi connectivity index (χ1v) is 6.13. The molecular formula is C14H16FNO3. The van der Waals surface area contributed by atoms with E-state index in [1.165, 1.54) is 4.90 Å². The second-order valence-corrected chi connectivity index (χ2v) is 4.99. The molecule has 1 unspecified atom stereocenters. The fraction of sp³-hybridized carbons (Fsp3) is 0.429. The van der Waals surface area contributed by atoms with Gasteiger partial charge in [0.15, 0.2) is 0 Å². The fourth-order valence-corrected chi connectivity index (χ4v) is 2.27. The van der Waals surface area contributed by atoms with Crippen LogP contribution < -0.4 is 0 Å². The summed E-state index contributed by atoms with van der Waals surface area (Å²) < 4.78 is 13.9. The van der Waals surface area contributed by atoms with Crippen LogP contribution in [0.1, 0.15) is 27.9 Å². The average molecular weight is 265 g/mol. The number of hydrogen-bond donors (Lipinski definition) is 1. The topological polar surface area (TPSA) is 57.6 Å². The Bertz CT molecular complexity index is 543. The molecule has 0 radical (unpaired) electrons. The van der Waals surface area contributed by atoms with Crippen LogP contribution in [0.15, 0.2) is 18.2 Å². The third kappa shape index (κ3) is 2.32. The van der Waals surface area contributed by atoms with Gasteiger partial charge in [-0.1, -0.05) is 12.1 Å². The van der Waals surface area contributed by atoms with E-state index in [1.54, 1.807) is 12.1 Å². The Balaban J connectivity index is 2.23. The molecule has 1 heterocycles.